The zero-order valence-electron chi connectivity index (χ0n) is 15.7. The number of aliphatic hydroxyl groups excluding tert-OH is 1. The average Bonchev–Trinajstić information content (AvgIpc) is 3.41. The second-order valence-electron chi connectivity index (χ2n) is 7.18. The molecule has 5 rings (SSSR count). The van der Waals surface area contributed by atoms with Crippen LogP contribution in [0.3, 0.4) is 0 Å². The van der Waals surface area contributed by atoms with Crippen LogP contribution in [0.4, 0.5) is 0 Å². The molecular formula is C18H21ClN8O2. The summed E-state index contributed by atoms with van der Waals surface area (Å²) in [5, 5.41) is 27.3. The fraction of sp³-hybridized carbons (Fsp3) is 0.389. The van der Waals surface area contributed by atoms with E-state index < -0.39 is 6.10 Å². The molecule has 4 aromatic rings. The zero-order valence-corrected chi connectivity index (χ0v) is 16.5. The Morgan fingerprint density at radius 1 is 1.17 bits per heavy atom. The van der Waals surface area contributed by atoms with Crippen LogP contribution in [0.5, 0.6) is 0 Å². The number of aliphatic hydroxyl groups is 1. The molecule has 3 N–H and O–H groups in total. The van der Waals surface area contributed by atoms with Crippen LogP contribution in [0.2, 0.25) is 0 Å². The predicted molar refractivity (Wildman–Crippen MR) is 106 cm³/mol. The van der Waals surface area contributed by atoms with Gasteiger partial charge in [0, 0.05) is 12.0 Å². The van der Waals surface area contributed by atoms with Crippen LogP contribution in [0.1, 0.15) is 36.8 Å². The SMILES string of the molecule is Cc1ccc(-c2nc([C@H]3CC[C@@H](N)[C@H](O)C3)n(-c3ccc4nncn4n3)n2)o1.Cl. The van der Waals surface area contributed by atoms with Crippen molar-refractivity contribution in [2.45, 2.75) is 44.2 Å². The van der Waals surface area contributed by atoms with Crippen molar-refractivity contribution in [2.24, 2.45) is 5.73 Å². The van der Waals surface area contributed by atoms with Crippen molar-refractivity contribution in [3.05, 3.63) is 42.2 Å². The van der Waals surface area contributed by atoms with Gasteiger partial charge < -0.3 is 15.3 Å². The van der Waals surface area contributed by atoms with Crippen molar-refractivity contribution in [3.8, 4) is 17.4 Å². The Hall–Kier alpha value is -2.82. The van der Waals surface area contributed by atoms with Crippen molar-refractivity contribution in [3.63, 3.8) is 0 Å². The highest BCUT2D eigenvalue weighted by atomic mass is 35.5. The Morgan fingerprint density at radius 3 is 2.79 bits per heavy atom. The van der Waals surface area contributed by atoms with Gasteiger partial charge in [-0.15, -0.1) is 32.8 Å². The zero-order chi connectivity index (χ0) is 19.3. The monoisotopic (exact) mass is 416 g/mol. The lowest BCUT2D eigenvalue weighted by Crippen LogP contribution is -2.40. The topological polar surface area (TPSA) is 133 Å². The Bertz CT molecular complexity index is 1140. The van der Waals surface area contributed by atoms with Crippen LogP contribution in [-0.2, 0) is 0 Å². The van der Waals surface area contributed by atoms with E-state index in [1.165, 1.54) is 6.33 Å². The number of fused-ring (bicyclic) bond motifs is 1. The quantitative estimate of drug-likeness (QED) is 0.515. The molecule has 4 aromatic heterocycles. The summed E-state index contributed by atoms with van der Waals surface area (Å²) in [5.41, 5.74) is 6.62. The summed E-state index contributed by atoms with van der Waals surface area (Å²) in [6.45, 7) is 1.88. The van der Waals surface area contributed by atoms with Gasteiger partial charge in [0.2, 0.25) is 5.82 Å². The van der Waals surface area contributed by atoms with Crippen LogP contribution in [0, 0.1) is 6.92 Å². The maximum Gasteiger partial charge on any atom is 0.217 e. The highest BCUT2D eigenvalue weighted by Gasteiger charge is 2.32. The molecule has 0 radical (unpaired) electrons. The standard InChI is InChI=1S/C18H20N8O2.ClH/c1-10-2-5-14(28-10)17-21-18(11-3-4-12(19)13(27)8-11)26(24-17)16-7-6-15-22-20-9-25(15)23-16;/h2,5-7,9,11-13,27H,3-4,8,19H2,1H3;1H/t11-,12+,13+;/m0./s1. The van der Waals surface area contributed by atoms with E-state index in [9.17, 15) is 5.11 Å². The first-order valence-corrected chi connectivity index (χ1v) is 9.23. The second-order valence-corrected chi connectivity index (χ2v) is 7.18. The lowest BCUT2D eigenvalue weighted by Gasteiger charge is -2.30. The summed E-state index contributed by atoms with van der Waals surface area (Å²) in [4.78, 5) is 4.75. The van der Waals surface area contributed by atoms with Gasteiger partial charge in [0.25, 0.3) is 0 Å². The summed E-state index contributed by atoms with van der Waals surface area (Å²) in [7, 11) is 0. The van der Waals surface area contributed by atoms with Gasteiger partial charge in [-0.2, -0.15) is 9.20 Å². The van der Waals surface area contributed by atoms with Crippen molar-refractivity contribution >= 4 is 18.1 Å². The summed E-state index contributed by atoms with van der Waals surface area (Å²) < 4.78 is 9.00. The van der Waals surface area contributed by atoms with E-state index in [1.54, 1.807) is 9.20 Å². The number of aromatic nitrogens is 7. The van der Waals surface area contributed by atoms with E-state index in [-0.39, 0.29) is 24.4 Å². The molecule has 0 unspecified atom stereocenters. The Balaban J connectivity index is 0.00000205. The van der Waals surface area contributed by atoms with Gasteiger partial charge in [-0.05, 0) is 50.5 Å². The van der Waals surface area contributed by atoms with Gasteiger partial charge in [0.05, 0.1) is 6.10 Å². The number of halogens is 1. The fourth-order valence-electron chi connectivity index (χ4n) is 3.65. The number of hydrogen-bond acceptors (Lipinski definition) is 8. The van der Waals surface area contributed by atoms with Crippen LogP contribution >= 0.6 is 12.4 Å². The molecule has 152 valence electrons. The first-order valence-electron chi connectivity index (χ1n) is 9.23. The molecule has 0 spiro atoms. The minimum atomic E-state index is -0.563. The molecule has 11 heteroatoms. The number of rotatable bonds is 3. The third-order valence-electron chi connectivity index (χ3n) is 5.19. The second kappa shape index (κ2) is 7.54. The summed E-state index contributed by atoms with van der Waals surface area (Å²) >= 11 is 0. The maximum atomic E-state index is 10.3. The van der Waals surface area contributed by atoms with Crippen LogP contribution in [0.25, 0.3) is 23.0 Å². The highest BCUT2D eigenvalue weighted by Crippen LogP contribution is 2.33. The third kappa shape index (κ3) is 3.50. The van der Waals surface area contributed by atoms with Gasteiger partial charge in [-0.1, -0.05) is 0 Å². The first-order chi connectivity index (χ1) is 13.6. The molecule has 0 aromatic carbocycles. The van der Waals surface area contributed by atoms with E-state index in [4.69, 9.17) is 15.1 Å². The van der Waals surface area contributed by atoms with E-state index in [0.29, 0.717) is 29.5 Å². The van der Waals surface area contributed by atoms with Crippen LogP contribution in [0.15, 0.2) is 35.0 Å². The van der Waals surface area contributed by atoms with E-state index in [1.807, 2.05) is 31.2 Å². The first kappa shape index (κ1) is 19.5. The van der Waals surface area contributed by atoms with Gasteiger partial charge in [0.1, 0.15) is 17.9 Å². The Labute approximate surface area is 172 Å². The number of hydrogen-bond donors (Lipinski definition) is 2. The molecule has 0 bridgehead atoms. The van der Waals surface area contributed by atoms with Crippen LogP contribution in [-0.4, -0.2) is 51.8 Å². The number of furan rings is 1. The number of nitrogens with zero attached hydrogens (tertiary/aromatic N) is 7. The van der Waals surface area contributed by atoms with E-state index in [0.717, 1.165) is 24.4 Å². The van der Waals surface area contributed by atoms with Gasteiger partial charge in [0.15, 0.2) is 17.2 Å². The molecule has 1 aliphatic rings. The molecule has 10 nitrogen and oxygen atoms in total. The summed E-state index contributed by atoms with van der Waals surface area (Å²) in [5.74, 6) is 3.21. The minimum absolute atomic E-state index is 0. The fourth-order valence-corrected chi connectivity index (χ4v) is 3.65. The highest BCUT2D eigenvalue weighted by molar-refractivity contribution is 5.85. The van der Waals surface area contributed by atoms with Crippen molar-refractivity contribution in [1.82, 2.24) is 34.6 Å². The average molecular weight is 417 g/mol. The largest absolute Gasteiger partial charge is 0.458 e. The third-order valence-corrected chi connectivity index (χ3v) is 5.19. The lowest BCUT2D eigenvalue weighted by molar-refractivity contribution is 0.0961. The normalized spacial score (nSPS) is 22.0. The van der Waals surface area contributed by atoms with Crippen LogP contribution < -0.4 is 5.73 Å². The Kier molecular flexibility index (Phi) is 5.07. The maximum absolute atomic E-state index is 10.3. The van der Waals surface area contributed by atoms with Gasteiger partial charge in [-0.3, -0.25) is 0 Å². The molecular weight excluding hydrogens is 396 g/mol. The molecule has 29 heavy (non-hydrogen) atoms. The number of nitrogens with two attached hydrogens (primary N) is 1. The molecule has 0 amide bonds. The van der Waals surface area contributed by atoms with Gasteiger partial charge in [-0.25, -0.2) is 4.98 Å². The van der Waals surface area contributed by atoms with Crippen molar-refractivity contribution in [1.29, 1.82) is 0 Å². The predicted octanol–water partition coefficient (Wildman–Crippen LogP) is 1.65. The number of aryl methyl sites for hydroxylation is 1. The summed E-state index contributed by atoms with van der Waals surface area (Å²) in [6.07, 6.45) is 3.06. The molecule has 1 aliphatic carbocycles. The van der Waals surface area contributed by atoms with Crippen molar-refractivity contribution < 1.29 is 9.52 Å². The van der Waals surface area contributed by atoms with E-state index >= 15 is 0 Å². The van der Waals surface area contributed by atoms with E-state index in [2.05, 4.69) is 20.4 Å². The minimum Gasteiger partial charge on any atom is -0.458 e. The molecule has 4 heterocycles. The smallest absolute Gasteiger partial charge is 0.217 e. The molecule has 1 fully saturated rings. The lowest BCUT2D eigenvalue weighted by atomic mass is 9.84. The molecule has 0 saturated heterocycles. The Morgan fingerprint density at radius 2 is 2.03 bits per heavy atom. The summed E-state index contributed by atoms with van der Waals surface area (Å²) in [6, 6.07) is 7.17. The molecule has 0 aliphatic heterocycles. The molecule has 1 saturated carbocycles. The van der Waals surface area contributed by atoms with Gasteiger partial charge >= 0.3 is 0 Å². The molecule has 3 atom stereocenters. The van der Waals surface area contributed by atoms with Crippen molar-refractivity contribution in [2.75, 3.05) is 0 Å².